The van der Waals surface area contributed by atoms with Crippen molar-refractivity contribution >= 4 is 22.5 Å². The first kappa shape index (κ1) is 18.2. The largest absolute Gasteiger partial charge is 0.494 e. The maximum absolute atomic E-state index is 13.0. The van der Waals surface area contributed by atoms with Crippen LogP contribution in [0.3, 0.4) is 0 Å². The smallest absolute Gasteiger partial charge is 0.433 e. The Morgan fingerprint density at radius 1 is 1.19 bits per heavy atom. The van der Waals surface area contributed by atoms with Gasteiger partial charge in [-0.15, -0.1) is 0 Å². The monoisotopic (exact) mass is 368 g/mol. The van der Waals surface area contributed by atoms with Crippen LogP contribution in [0, 0.1) is 0 Å². The highest BCUT2D eigenvalue weighted by Crippen LogP contribution is 2.36. The predicted molar refractivity (Wildman–Crippen MR) is 91.1 cm³/mol. The third-order valence-corrected chi connectivity index (χ3v) is 4.40. The molecular weight excluding hydrogens is 349 g/mol. The summed E-state index contributed by atoms with van der Waals surface area (Å²) in [6.45, 7) is 2.76. The third-order valence-electron chi connectivity index (χ3n) is 4.40. The summed E-state index contributed by atoms with van der Waals surface area (Å²) in [5, 5.41) is 0.598. The number of carbonyl (C=O) groups is 1. The van der Waals surface area contributed by atoms with Crippen molar-refractivity contribution in [3.63, 3.8) is 0 Å². The van der Waals surface area contributed by atoms with Crippen molar-refractivity contribution in [3.8, 4) is 5.75 Å². The minimum Gasteiger partial charge on any atom is -0.494 e. The quantitative estimate of drug-likeness (QED) is 0.892. The van der Waals surface area contributed by atoms with Crippen LogP contribution >= 0.6 is 0 Å². The Labute approximate surface area is 148 Å². The fourth-order valence-electron chi connectivity index (χ4n) is 3.14. The number of aromatic nitrogens is 1. The molecule has 0 spiro atoms. The Morgan fingerprint density at radius 2 is 1.88 bits per heavy atom. The normalized spacial score (nSPS) is 16.1. The Balaban J connectivity index is 1.94. The van der Waals surface area contributed by atoms with Crippen molar-refractivity contribution in [2.75, 3.05) is 44.7 Å². The van der Waals surface area contributed by atoms with Crippen molar-refractivity contribution < 1.29 is 22.7 Å². The second-order valence-electron chi connectivity index (χ2n) is 6.11. The van der Waals surface area contributed by atoms with Crippen LogP contribution in [0.4, 0.5) is 18.9 Å². The molecule has 2 aromatic rings. The van der Waals surface area contributed by atoms with Crippen molar-refractivity contribution in [1.29, 1.82) is 0 Å². The minimum absolute atomic E-state index is 0.180. The van der Waals surface area contributed by atoms with Crippen LogP contribution in [0.2, 0.25) is 0 Å². The van der Waals surface area contributed by atoms with E-state index in [2.05, 4.69) is 9.88 Å². The first-order valence-electron chi connectivity index (χ1n) is 8.10. The molecule has 0 radical (unpaired) electrons. The fourth-order valence-corrected chi connectivity index (χ4v) is 3.14. The van der Waals surface area contributed by atoms with E-state index in [0.717, 1.165) is 11.8 Å². The van der Waals surface area contributed by atoms with E-state index in [1.54, 1.807) is 6.07 Å². The number of hydrogen-bond donors (Lipinski definition) is 1. The number of pyridine rings is 1. The number of fused-ring (bicyclic) bond motifs is 1. The van der Waals surface area contributed by atoms with Gasteiger partial charge in [-0.3, -0.25) is 9.69 Å². The third kappa shape index (κ3) is 3.67. The maximum atomic E-state index is 13.0. The van der Waals surface area contributed by atoms with E-state index >= 15 is 0 Å². The van der Waals surface area contributed by atoms with Gasteiger partial charge in [0.1, 0.15) is 17.0 Å². The number of carbonyl (C=O) groups excluding carboxylic acids is 1. The summed E-state index contributed by atoms with van der Waals surface area (Å²) in [6, 6.07) is 5.86. The second kappa shape index (κ2) is 6.99. The molecule has 6 nitrogen and oxygen atoms in total. The topological polar surface area (TPSA) is 71.7 Å². The Hall–Kier alpha value is -2.55. The molecule has 2 heterocycles. The lowest BCUT2D eigenvalue weighted by atomic mass is 10.1. The number of halogens is 3. The number of ether oxygens (including phenoxy) is 1. The molecule has 0 aliphatic carbocycles. The van der Waals surface area contributed by atoms with E-state index in [9.17, 15) is 18.0 Å². The van der Waals surface area contributed by atoms with Gasteiger partial charge in [0.25, 0.3) is 0 Å². The first-order chi connectivity index (χ1) is 12.3. The highest BCUT2D eigenvalue weighted by Gasteiger charge is 2.33. The summed E-state index contributed by atoms with van der Waals surface area (Å²) in [6.07, 6.45) is -4.52. The van der Waals surface area contributed by atoms with Gasteiger partial charge >= 0.3 is 6.18 Å². The number of rotatable bonds is 4. The number of nitrogens with two attached hydrogens (primary N) is 1. The Kier molecular flexibility index (Phi) is 4.90. The molecule has 1 aromatic heterocycles. The summed E-state index contributed by atoms with van der Waals surface area (Å²) < 4.78 is 44.2. The summed E-state index contributed by atoms with van der Waals surface area (Å²) >= 11 is 0. The van der Waals surface area contributed by atoms with Crippen molar-refractivity contribution in [2.45, 2.75) is 6.18 Å². The lowest BCUT2D eigenvalue weighted by Gasteiger charge is -2.36. The van der Waals surface area contributed by atoms with Crippen molar-refractivity contribution in [2.24, 2.45) is 5.73 Å². The number of alkyl halides is 3. The zero-order valence-corrected chi connectivity index (χ0v) is 14.2. The van der Waals surface area contributed by atoms with Gasteiger partial charge in [0.15, 0.2) is 0 Å². The molecule has 140 valence electrons. The standard InChI is InChI=1S/C17H19F3N4O2/c1-26-13-4-3-12(24-8-6-23(7-9-24)10-15(21)25)11-2-5-14(17(18,19)20)22-16(11)13/h2-5H,6-10H2,1H3,(H2,21,25). The molecule has 1 aliphatic rings. The SMILES string of the molecule is COc1ccc(N2CCN(CC(N)=O)CC2)c2ccc(C(F)(F)F)nc12. The zero-order chi connectivity index (χ0) is 18.9. The van der Waals surface area contributed by atoms with Gasteiger partial charge in [-0.1, -0.05) is 0 Å². The van der Waals surface area contributed by atoms with Crippen molar-refractivity contribution in [1.82, 2.24) is 9.88 Å². The van der Waals surface area contributed by atoms with E-state index in [-0.39, 0.29) is 18.0 Å². The lowest BCUT2D eigenvalue weighted by Crippen LogP contribution is -2.48. The van der Waals surface area contributed by atoms with Crippen LogP contribution in [0.25, 0.3) is 10.9 Å². The van der Waals surface area contributed by atoms with Crippen LogP contribution in [0.15, 0.2) is 24.3 Å². The molecule has 3 rings (SSSR count). The van der Waals surface area contributed by atoms with Gasteiger partial charge in [0.2, 0.25) is 5.91 Å². The number of hydrogen-bond acceptors (Lipinski definition) is 5. The molecule has 0 atom stereocenters. The highest BCUT2D eigenvalue weighted by atomic mass is 19.4. The number of nitrogens with zero attached hydrogens (tertiary/aromatic N) is 3. The van der Waals surface area contributed by atoms with Gasteiger partial charge in [-0.2, -0.15) is 13.2 Å². The van der Waals surface area contributed by atoms with E-state index in [4.69, 9.17) is 10.5 Å². The van der Waals surface area contributed by atoms with E-state index in [0.29, 0.717) is 37.3 Å². The zero-order valence-electron chi connectivity index (χ0n) is 14.2. The van der Waals surface area contributed by atoms with Crippen LogP contribution in [0.5, 0.6) is 5.75 Å². The molecule has 1 amide bonds. The van der Waals surface area contributed by atoms with Crippen LogP contribution in [-0.4, -0.2) is 55.6 Å². The molecule has 0 saturated carbocycles. The maximum Gasteiger partial charge on any atom is 0.433 e. The molecular formula is C17H19F3N4O2. The van der Waals surface area contributed by atoms with Crippen LogP contribution in [0.1, 0.15) is 5.69 Å². The van der Waals surface area contributed by atoms with Crippen molar-refractivity contribution in [3.05, 3.63) is 30.0 Å². The van der Waals surface area contributed by atoms with Crippen LogP contribution < -0.4 is 15.4 Å². The molecule has 1 saturated heterocycles. The fraction of sp³-hybridized carbons (Fsp3) is 0.412. The molecule has 0 bridgehead atoms. The molecule has 1 aromatic carbocycles. The predicted octanol–water partition coefficient (Wildman–Crippen LogP) is 1.87. The van der Waals surface area contributed by atoms with Gasteiger partial charge in [0.05, 0.1) is 13.7 Å². The van der Waals surface area contributed by atoms with Gasteiger partial charge in [0, 0.05) is 37.3 Å². The number of anilines is 1. The lowest BCUT2D eigenvalue weighted by molar-refractivity contribution is -0.141. The van der Waals surface area contributed by atoms with Gasteiger partial charge in [-0.25, -0.2) is 4.98 Å². The van der Waals surface area contributed by atoms with E-state index < -0.39 is 11.9 Å². The van der Waals surface area contributed by atoms with Gasteiger partial charge in [-0.05, 0) is 24.3 Å². The average Bonchev–Trinajstić information content (AvgIpc) is 2.60. The number of methoxy groups -OCH3 is 1. The average molecular weight is 368 g/mol. The number of benzene rings is 1. The molecule has 26 heavy (non-hydrogen) atoms. The number of amides is 1. The summed E-state index contributed by atoms with van der Waals surface area (Å²) in [7, 11) is 1.40. The van der Waals surface area contributed by atoms with Crippen LogP contribution in [-0.2, 0) is 11.0 Å². The van der Waals surface area contributed by atoms with E-state index in [1.807, 2.05) is 11.0 Å². The molecule has 2 N–H and O–H groups in total. The number of piperazine rings is 1. The Bertz CT molecular complexity index is 817. The summed E-state index contributed by atoms with van der Waals surface area (Å²) in [4.78, 5) is 18.8. The molecule has 1 fully saturated rings. The summed E-state index contributed by atoms with van der Waals surface area (Å²) in [5.41, 5.74) is 5.24. The van der Waals surface area contributed by atoms with E-state index in [1.165, 1.54) is 13.2 Å². The minimum atomic E-state index is -4.52. The first-order valence-corrected chi connectivity index (χ1v) is 8.10. The molecule has 1 aliphatic heterocycles. The highest BCUT2D eigenvalue weighted by molar-refractivity contribution is 5.96. The molecule has 9 heteroatoms. The van der Waals surface area contributed by atoms with Gasteiger partial charge < -0.3 is 15.4 Å². The number of primary amides is 1. The second-order valence-corrected chi connectivity index (χ2v) is 6.11. The Morgan fingerprint density at radius 3 is 2.46 bits per heavy atom. The summed E-state index contributed by atoms with van der Waals surface area (Å²) in [5.74, 6) is -0.0839. The molecule has 0 unspecified atom stereocenters.